The Morgan fingerprint density at radius 1 is 0.864 bits per heavy atom. The van der Waals surface area contributed by atoms with Gasteiger partial charge in [-0.15, -0.1) is 0 Å². The highest BCUT2D eigenvalue weighted by Crippen LogP contribution is 2.33. The van der Waals surface area contributed by atoms with Crippen molar-refractivity contribution in [3.8, 4) is 34.1 Å². The number of methoxy groups -OCH3 is 2. The van der Waals surface area contributed by atoms with Crippen LogP contribution >= 0.6 is 11.6 Å². The molecule has 0 amide bonds. The Bertz CT molecular complexity index is 781. The van der Waals surface area contributed by atoms with Crippen LogP contribution in [-0.2, 0) is 0 Å². The van der Waals surface area contributed by atoms with Crippen LogP contribution in [0.15, 0.2) is 53.1 Å². The van der Waals surface area contributed by atoms with E-state index in [9.17, 15) is 0 Å². The molecule has 22 heavy (non-hydrogen) atoms. The zero-order chi connectivity index (χ0) is 15.5. The Hall–Kier alpha value is -2.46. The van der Waals surface area contributed by atoms with Crippen LogP contribution in [0.1, 0.15) is 0 Å². The largest absolute Gasteiger partial charge is 0.493 e. The Morgan fingerprint density at radius 3 is 2.23 bits per heavy atom. The molecule has 1 aromatic heterocycles. The predicted octanol–water partition coefficient (Wildman–Crippen LogP) is 4.68. The molecule has 0 unspecified atom stereocenters. The molecular weight excluding hydrogens is 304 g/mol. The van der Waals surface area contributed by atoms with E-state index in [1.54, 1.807) is 14.2 Å². The van der Waals surface area contributed by atoms with E-state index in [1.165, 1.54) is 0 Å². The first-order valence-corrected chi connectivity index (χ1v) is 7.04. The lowest BCUT2D eigenvalue weighted by molar-refractivity contribution is 0.355. The fourth-order valence-corrected chi connectivity index (χ4v) is 2.28. The van der Waals surface area contributed by atoms with E-state index in [0.29, 0.717) is 22.3 Å². The van der Waals surface area contributed by atoms with Crippen LogP contribution in [0.5, 0.6) is 11.5 Å². The highest BCUT2D eigenvalue weighted by molar-refractivity contribution is 6.30. The van der Waals surface area contributed by atoms with E-state index in [1.807, 2.05) is 48.5 Å². The van der Waals surface area contributed by atoms with Gasteiger partial charge in [0.15, 0.2) is 17.3 Å². The van der Waals surface area contributed by atoms with Crippen molar-refractivity contribution in [2.45, 2.75) is 0 Å². The first kappa shape index (κ1) is 14.5. The third kappa shape index (κ3) is 2.78. The maximum atomic E-state index is 5.89. The minimum atomic E-state index is 0.643. The van der Waals surface area contributed by atoms with E-state index < -0.39 is 0 Å². The first-order chi connectivity index (χ1) is 10.7. The van der Waals surface area contributed by atoms with Crippen molar-refractivity contribution in [3.05, 3.63) is 53.6 Å². The number of rotatable bonds is 4. The van der Waals surface area contributed by atoms with Gasteiger partial charge in [0.2, 0.25) is 0 Å². The number of benzene rings is 2. The molecule has 0 atom stereocenters. The van der Waals surface area contributed by atoms with Gasteiger partial charge in [-0.1, -0.05) is 28.9 Å². The molecule has 0 aliphatic carbocycles. The summed E-state index contributed by atoms with van der Waals surface area (Å²) in [5.74, 6) is 1.97. The van der Waals surface area contributed by atoms with E-state index in [2.05, 4.69) is 5.16 Å². The van der Waals surface area contributed by atoms with Gasteiger partial charge in [-0.05, 0) is 30.3 Å². The summed E-state index contributed by atoms with van der Waals surface area (Å²) < 4.78 is 16.0. The summed E-state index contributed by atoms with van der Waals surface area (Å²) in [6, 6.07) is 14.9. The number of ether oxygens (including phenoxy) is 2. The predicted molar refractivity (Wildman–Crippen MR) is 85.5 cm³/mol. The molecule has 0 aliphatic heterocycles. The molecule has 2 aromatic carbocycles. The third-order valence-electron chi connectivity index (χ3n) is 3.32. The summed E-state index contributed by atoms with van der Waals surface area (Å²) in [6.07, 6.45) is 0. The lowest BCUT2D eigenvalue weighted by Gasteiger charge is -2.07. The number of halogens is 1. The highest BCUT2D eigenvalue weighted by atomic mass is 35.5. The van der Waals surface area contributed by atoms with Gasteiger partial charge in [0.25, 0.3) is 0 Å². The highest BCUT2D eigenvalue weighted by Gasteiger charge is 2.11. The van der Waals surface area contributed by atoms with Crippen LogP contribution in [-0.4, -0.2) is 19.4 Å². The van der Waals surface area contributed by atoms with Crippen molar-refractivity contribution in [1.82, 2.24) is 5.16 Å². The average Bonchev–Trinajstić information content (AvgIpc) is 3.05. The van der Waals surface area contributed by atoms with Crippen molar-refractivity contribution in [1.29, 1.82) is 0 Å². The summed E-state index contributed by atoms with van der Waals surface area (Å²) >= 11 is 5.89. The van der Waals surface area contributed by atoms with Gasteiger partial charge in [0.05, 0.1) is 14.2 Å². The first-order valence-electron chi connectivity index (χ1n) is 6.66. The minimum absolute atomic E-state index is 0.643. The summed E-state index contributed by atoms with van der Waals surface area (Å²) in [4.78, 5) is 0. The zero-order valence-corrected chi connectivity index (χ0v) is 12.9. The van der Waals surface area contributed by atoms with Crippen molar-refractivity contribution in [2.24, 2.45) is 0 Å². The molecule has 0 spiro atoms. The molecule has 0 N–H and O–H groups in total. The number of nitrogens with zero attached hydrogens (tertiary/aromatic N) is 1. The quantitative estimate of drug-likeness (QED) is 0.701. The molecular formula is C17H14ClNO3. The van der Waals surface area contributed by atoms with Gasteiger partial charge in [-0.25, -0.2) is 0 Å². The molecule has 0 aliphatic rings. The molecule has 1 heterocycles. The number of aromatic nitrogens is 1. The SMILES string of the molecule is COc1ccc(-[13c]2c[13c](-c3ccc(Cl)cc3)no2)cc1OC. The fraction of sp³-hybridized carbons (Fsp3) is 0.118. The van der Waals surface area contributed by atoms with Gasteiger partial charge in [0.1, 0.15) is 5.69 Å². The Morgan fingerprint density at radius 2 is 1.55 bits per heavy atom. The van der Waals surface area contributed by atoms with Crippen molar-refractivity contribution < 1.29 is 14.0 Å². The van der Waals surface area contributed by atoms with Gasteiger partial charge < -0.3 is 14.0 Å². The van der Waals surface area contributed by atoms with Crippen LogP contribution in [0.3, 0.4) is 0 Å². The monoisotopic (exact) mass is 317 g/mol. The normalized spacial score (nSPS) is 10.5. The van der Waals surface area contributed by atoms with E-state index in [4.69, 9.17) is 25.6 Å². The molecule has 112 valence electrons. The van der Waals surface area contributed by atoms with Crippen LogP contribution in [0.25, 0.3) is 22.6 Å². The number of hydrogen-bond acceptors (Lipinski definition) is 4. The van der Waals surface area contributed by atoms with Gasteiger partial charge >= 0.3 is 0 Å². The zero-order valence-electron chi connectivity index (χ0n) is 12.2. The lowest BCUT2D eigenvalue weighted by Crippen LogP contribution is -1.90. The topological polar surface area (TPSA) is 44.5 Å². The Labute approximate surface area is 133 Å². The molecule has 0 saturated carbocycles. The van der Waals surface area contributed by atoms with Crippen LogP contribution in [0.4, 0.5) is 0 Å². The second-order valence-corrected chi connectivity index (χ2v) is 5.09. The second kappa shape index (κ2) is 6.12. The molecule has 3 rings (SSSR count). The third-order valence-corrected chi connectivity index (χ3v) is 3.57. The summed E-state index contributed by atoms with van der Waals surface area (Å²) in [5, 5.41) is 4.79. The van der Waals surface area contributed by atoms with Gasteiger partial charge in [0, 0.05) is 22.2 Å². The molecule has 3 aromatic rings. The van der Waals surface area contributed by atoms with Crippen LogP contribution in [0.2, 0.25) is 5.02 Å². The lowest BCUT2D eigenvalue weighted by atomic mass is 10.2. The van der Waals surface area contributed by atoms with E-state index >= 15 is 0 Å². The molecule has 5 heteroatoms. The van der Waals surface area contributed by atoms with Crippen LogP contribution in [0, 0.1) is 0 Å². The smallest absolute Gasteiger partial charge is 0.167 e. The van der Waals surface area contributed by atoms with Gasteiger partial charge in [-0.3, -0.25) is 0 Å². The van der Waals surface area contributed by atoms with Crippen LogP contribution < -0.4 is 9.47 Å². The summed E-state index contributed by atoms with van der Waals surface area (Å²) in [6.45, 7) is 0. The number of hydrogen-bond donors (Lipinski definition) is 0. The van der Waals surface area contributed by atoms with Gasteiger partial charge in [-0.2, -0.15) is 0 Å². The average molecular weight is 318 g/mol. The summed E-state index contributed by atoms with van der Waals surface area (Å²) in [5.41, 5.74) is 2.56. The minimum Gasteiger partial charge on any atom is -0.493 e. The summed E-state index contributed by atoms with van der Waals surface area (Å²) in [7, 11) is 3.20. The molecule has 0 fully saturated rings. The standard InChI is InChI=1S/C17H14ClNO3/c1-20-15-8-5-12(9-17(15)21-2)16-10-14(19-22-16)11-3-6-13(18)7-4-11/h3-10H,1-2H3/i14+1,16+1. The van der Waals surface area contributed by atoms with Crippen molar-refractivity contribution in [3.63, 3.8) is 0 Å². The molecule has 0 bridgehead atoms. The molecule has 0 saturated heterocycles. The van der Waals surface area contributed by atoms with Crippen molar-refractivity contribution >= 4 is 11.6 Å². The fourth-order valence-electron chi connectivity index (χ4n) is 2.16. The maximum Gasteiger partial charge on any atom is 0.167 e. The maximum absolute atomic E-state index is 5.89. The Balaban J connectivity index is 1.95. The van der Waals surface area contributed by atoms with E-state index in [-0.39, 0.29) is 0 Å². The Kier molecular flexibility index (Phi) is 4.02. The van der Waals surface area contributed by atoms with E-state index in [0.717, 1.165) is 16.8 Å². The van der Waals surface area contributed by atoms with Crippen molar-refractivity contribution in [2.75, 3.05) is 14.2 Å². The second-order valence-electron chi connectivity index (χ2n) is 4.65. The molecule has 0 radical (unpaired) electrons. The molecule has 4 nitrogen and oxygen atoms in total.